The first-order valence-corrected chi connectivity index (χ1v) is 22.9. The maximum atomic E-state index is 13.0. The number of carbonyl (C=O) groups is 6. The van der Waals surface area contributed by atoms with Crippen LogP contribution >= 0.6 is 0 Å². The van der Waals surface area contributed by atoms with Gasteiger partial charge in [0.15, 0.2) is 12.2 Å². The van der Waals surface area contributed by atoms with Crippen molar-refractivity contribution >= 4 is 59.1 Å². The molecule has 0 saturated heterocycles. The van der Waals surface area contributed by atoms with E-state index >= 15 is 0 Å². The largest absolute Gasteiger partial charge is 0.463 e. The number of anilines is 4. The molecular weight excluding hydrogens is 889 g/mol. The van der Waals surface area contributed by atoms with Crippen molar-refractivity contribution in [3.63, 3.8) is 0 Å². The molecule has 4 atom stereocenters. The van der Waals surface area contributed by atoms with E-state index in [-0.39, 0.29) is 38.3 Å². The molecule has 0 bridgehead atoms. The molecule has 0 radical (unpaired) electrons. The molecule has 4 aromatic rings. The molecule has 0 aliphatic rings. The summed E-state index contributed by atoms with van der Waals surface area (Å²) in [6.07, 6.45) is -3.57. The first-order chi connectivity index (χ1) is 32.7. The van der Waals surface area contributed by atoms with E-state index in [0.717, 1.165) is 22.3 Å². The average molecular weight is 955 g/mol. The number of ether oxygens (including phenoxy) is 7. The van der Waals surface area contributed by atoms with E-state index in [1.165, 1.54) is 13.8 Å². The minimum Gasteiger partial charge on any atom is -0.463 e. The van der Waals surface area contributed by atoms with Crippen LogP contribution in [-0.2, 0) is 55.6 Å². The van der Waals surface area contributed by atoms with Gasteiger partial charge in [-0.1, -0.05) is 62.4 Å². The highest BCUT2D eigenvalue weighted by Gasteiger charge is 2.34. The highest BCUT2D eigenvalue weighted by Crippen LogP contribution is 2.28. The van der Waals surface area contributed by atoms with E-state index in [0.29, 0.717) is 35.6 Å². The van der Waals surface area contributed by atoms with Crippen molar-refractivity contribution in [2.45, 2.75) is 105 Å². The van der Waals surface area contributed by atoms with Gasteiger partial charge in [0, 0.05) is 34.6 Å². The number of hydrogen-bond acceptors (Lipinski definition) is 13. The minimum atomic E-state index is -1.03. The van der Waals surface area contributed by atoms with Crippen LogP contribution in [0, 0.1) is 11.8 Å². The maximum Gasteiger partial charge on any atom is 0.412 e. The molecule has 0 spiro atoms. The standard InChI is InChI=1S/C52H66N4O13/c1-11-63-45(57)35(5)67-48(60)54-42-23-15-38(16-24-42)29-37-13-21-41(22-14-37)53-47(59)65-31-33(3)51(7,8)66-32-34(4)52(9,10)69-50(62)56-44-27-19-40(20-28-44)30-39-17-25-43(26-18-39)55-49(61)68-36(6)46(58)64-12-2/h13-28,33-36H,11-12,29-32H2,1-10H3,(H,53,59)(H,54,60)(H,55,61)(H,56,62). The normalized spacial score (nSPS) is 13.0. The zero-order valence-corrected chi connectivity index (χ0v) is 41.1. The molecule has 4 unspecified atom stereocenters. The molecule has 0 aromatic heterocycles. The van der Waals surface area contributed by atoms with E-state index < -0.39 is 59.7 Å². The van der Waals surface area contributed by atoms with Gasteiger partial charge in [0.1, 0.15) is 5.60 Å². The second-order valence-electron chi connectivity index (χ2n) is 17.5. The fraction of sp³-hybridized carbons (Fsp3) is 0.423. The third-order valence-corrected chi connectivity index (χ3v) is 11.3. The lowest BCUT2D eigenvalue weighted by atomic mass is 9.91. The summed E-state index contributed by atoms with van der Waals surface area (Å²) in [6.45, 7) is 18.3. The van der Waals surface area contributed by atoms with Gasteiger partial charge < -0.3 is 33.2 Å². The molecule has 4 amide bonds. The van der Waals surface area contributed by atoms with Crippen LogP contribution in [0.25, 0.3) is 0 Å². The summed E-state index contributed by atoms with van der Waals surface area (Å²) in [7, 11) is 0. The molecule has 372 valence electrons. The average Bonchev–Trinajstić information content (AvgIpc) is 3.29. The first kappa shape index (κ1) is 54.5. The smallest absolute Gasteiger partial charge is 0.412 e. The monoisotopic (exact) mass is 954 g/mol. The molecule has 4 aromatic carbocycles. The molecule has 0 saturated carbocycles. The molecule has 4 N–H and O–H groups in total. The SMILES string of the molecule is CCOC(=O)C(C)OC(=O)Nc1ccc(Cc2ccc(NC(=O)OCC(C)C(C)(C)OCC(C)C(C)(C)OC(=O)Nc3ccc(Cc4ccc(NC(=O)OC(C)C(=O)OCC)cc4)cc3)cc2)cc1. The van der Waals surface area contributed by atoms with Crippen molar-refractivity contribution < 1.29 is 61.9 Å². The van der Waals surface area contributed by atoms with Crippen LogP contribution < -0.4 is 21.3 Å². The van der Waals surface area contributed by atoms with Gasteiger partial charge in [-0.2, -0.15) is 0 Å². The summed E-state index contributed by atoms with van der Waals surface area (Å²) in [4.78, 5) is 73.5. The Morgan fingerprint density at radius 3 is 1.10 bits per heavy atom. The van der Waals surface area contributed by atoms with Crippen LogP contribution in [-0.4, -0.2) is 86.1 Å². The van der Waals surface area contributed by atoms with Gasteiger partial charge in [0.25, 0.3) is 0 Å². The summed E-state index contributed by atoms with van der Waals surface area (Å²) in [5.74, 6) is -1.62. The lowest BCUT2D eigenvalue weighted by Gasteiger charge is -2.36. The summed E-state index contributed by atoms with van der Waals surface area (Å²) in [5.41, 5.74) is 4.56. The van der Waals surface area contributed by atoms with Gasteiger partial charge in [-0.25, -0.2) is 28.8 Å². The molecule has 4 rings (SSSR count). The third-order valence-electron chi connectivity index (χ3n) is 11.3. The van der Waals surface area contributed by atoms with E-state index in [4.69, 9.17) is 33.2 Å². The van der Waals surface area contributed by atoms with Crippen molar-refractivity contribution in [3.8, 4) is 0 Å². The molecule has 17 nitrogen and oxygen atoms in total. The van der Waals surface area contributed by atoms with Gasteiger partial charge in [-0.15, -0.1) is 0 Å². The van der Waals surface area contributed by atoms with Gasteiger partial charge >= 0.3 is 36.3 Å². The van der Waals surface area contributed by atoms with Crippen molar-refractivity contribution in [2.24, 2.45) is 11.8 Å². The number of hydrogen-bond donors (Lipinski definition) is 4. The highest BCUT2D eigenvalue weighted by atomic mass is 16.6. The predicted molar refractivity (Wildman–Crippen MR) is 261 cm³/mol. The van der Waals surface area contributed by atoms with Gasteiger partial charge in [0.2, 0.25) is 0 Å². The van der Waals surface area contributed by atoms with Crippen LogP contribution in [0.5, 0.6) is 0 Å². The fourth-order valence-corrected chi connectivity index (χ4v) is 6.25. The Kier molecular flexibility index (Phi) is 20.4. The topological polar surface area (TPSA) is 215 Å². The lowest BCUT2D eigenvalue weighted by Crippen LogP contribution is -2.43. The Bertz CT molecular complexity index is 2320. The Labute approximate surface area is 404 Å². The number of amides is 4. The molecular formula is C52H66N4O13. The van der Waals surface area contributed by atoms with Gasteiger partial charge in [0.05, 0.1) is 32.0 Å². The van der Waals surface area contributed by atoms with Crippen LogP contribution in [0.3, 0.4) is 0 Å². The molecule has 17 heteroatoms. The minimum absolute atomic E-state index is 0.0987. The summed E-state index contributed by atoms with van der Waals surface area (Å²) >= 11 is 0. The van der Waals surface area contributed by atoms with Crippen LogP contribution in [0.4, 0.5) is 41.9 Å². The quantitative estimate of drug-likeness (QED) is 0.0427. The van der Waals surface area contributed by atoms with E-state index in [1.54, 1.807) is 62.4 Å². The zero-order valence-electron chi connectivity index (χ0n) is 41.1. The summed E-state index contributed by atoms with van der Waals surface area (Å²) < 4.78 is 37.5. The molecule has 69 heavy (non-hydrogen) atoms. The van der Waals surface area contributed by atoms with Gasteiger partial charge in [-0.05, 0) is 139 Å². The molecule has 0 aliphatic carbocycles. The number of benzene rings is 4. The third kappa shape index (κ3) is 18.5. The van der Waals surface area contributed by atoms with Crippen molar-refractivity contribution in [3.05, 3.63) is 119 Å². The maximum absolute atomic E-state index is 13.0. The first-order valence-electron chi connectivity index (χ1n) is 22.9. The number of rotatable bonds is 22. The highest BCUT2D eigenvalue weighted by molar-refractivity contribution is 5.88. The van der Waals surface area contributed by atoms with Crippen molar-refractivity contribution in [1.29, 1.82) is 0 Å². The number of esters is 2. The Hall–Kier alpha value is -7.14. The van der Waals surface area contributed by atoms with E-state index in [2.05, 4.69) is 21.3 Å². The van der Waals surface area contributed by atoms with Crippen molar-refractivity contribution in [1.82, 2.24) is 0 Å². The Morgan fingerprint density at radius 2 is 0.754 bits per heavy atom. The second-order valence-corrected chi connectivity index (χ2v) is 17.5. The van der Waals surface area contributed by atoms with E-state index in [9.17, 15) is 28.8 Å². The Morgan fingerprint density at radius 1 is 0.435 bits per heavy atom. The van der Waals surface area contributed by atoms with Crippen molar-refractivity contribution in [2.75, 3.05) is 47.7 Å². The van der Waals surface area contributed by atoms with E-state index in [1.807, 2.05) is 90.1 Å². The Balaban J connectivity index is 1.14. The van der Waals surface area contributed by atoms with Crippen LogP contribution in [0.2, 0.25) is 0 Å². The predicted octanol–water partition coefficient (Wildman–Crippen LogP) is 10.5. The zero-order chi connectivity index (χ0) is 50.7. The number of carbonyl (C=O) groups excluding carboxylic acids is 6. The molecule has 0 fully saturated rings. The molecule has 0 heterocycles. The molecule has 0 aliphatic heterocycles. The van der Waals surface area contributed by atoms with Crippen LogP contribution in [0.15, 0.2) is 97.1 Å². The summed E-state index contributed by atoms with van der Waals surface area (Å²) in [5, 5.41) is 10.8. The fourth-order valence-electron chi connectivity index (χ4n) is 6.25. The second kappa shape index (κ2) is 25.8. The lowest BCUT2D eigenvalue weighted by molar-refractivity contribution is -0.152. The summed E-state index contributed by atoms with van der Waals surface area (Å²) in [6, 6.07) is 29.2. The van der Waals surface area contributed by atoms with Crippen LogP contribution in [0.1, 0.15) is 91.5 Å². The van der Waals surface area contributed by atoms with Gasteiger partial charge in [-0.3, -0.25) is 21.3 Å². The number of nitrogens with one attached hydrogen (secondary N) is 4.